The molecule has 2 bridgehead atoms. The number of fused-ring (bicyclic) bond motifs is 2. The highest BCUT2D eigenvalue weighted by atomic mass is 32.1. The molecular weight excluding hydrogens is 318 g/mol. The number of rotatable bonds is 7. The maximum atomic E-state index is 11.0. The molecule has 23 heavy (non-hydrogen) atoms. The predicted molar refractivity (Wildman–Crippen MR) is 83.8 cm³/mol. The Hall–Kier alpha value is -1.73. The molecule has 0 saturated carbocycles. The number of thiazole rings is 1. The lowest BCUT2D eigenvalue weighted by Crippen LogP contribution is -2.25. The van der Waals surface area contributed by atoms with Crippen molar-refractivity contribution in [2.45, 2.75) is 50.2 Å². The van der Waals surface area contributed by atoms with E-state index in [9.17, 15) is 9.59 Å². The number of carboxylic acids is 2. The van der Waals surface area contributed by atoms with Crippen LogP contribution in [0.15, 0.2) is 17.5 Å². The first-order chi connectivity index (χ1) is 11.1. The number of aliphatic carboxylic acids is 1. The molecule has 2 aliphatic rings. The molecule has 1 aromatic rings. The fourth-order valence-corrected chi connectivity index (χ4v) is 4.55. The Morgan fingerprint density at radius 1 is 1.30 bits per heavy atom. The highest BCUT2D eigenvalue weighted by molar-refractivity contribution is 7.09. The molecule has 0 aliphatic carbocycles. The Kier molecular flexibility index (Phi) is 4.77. The summed E-state index contributed by atoms with van der Waals surface area (Å²) >= 11 is 1.39. The van der Waals surface area contributed by atoms with Crippen molar-refractivity contribution in [3.05, 3.63) is 28.2 Å². The van der Waals surface area contributed by atoms with Gasteiger partial charge in [-0.05, 0) is 25.7 Å². The van der Waals surface area contributed by atoms with E-state index in [0.29, 0.717) is 12.3 Å². The van der Waals surface area contributed by atoms with Crippen LogP contribution in [-0.2, 0) is 9.53 Å². The molecule has 0 unspecified atom stereocenters. The lowest BCUT2D eigenvalue weighted by molar-refractivity contribution is -0.136. The van der Waals surface area contributed by atoms with Gasteiger partial charge in [-0.2, -0.15) is 0 Å². The third-order valence-corrected chi connectivity index (χ3v) is 5.50. The van der Waals surface area contributed by atoms with E-state index in [2.05, 4.69) is 4.98 Å². The van der Waals surface area contributed by atoms with Gasteiger partial charge in [0.2, 0.25) is 0 Å². The van der Waals surface area contributed by atoms with Gasteiger partial charge in [-0.15, -0.1) is 11.3 Å². The fourth-order valence-electron chi connectivity index (χ4n) is 3.53. The Labute approximate surface area is 137 Å². The second kappa shape index (κ2) is 6.80. The number of carbonyl (C=O) groups is 2. The van der Waals surface area contributed by atoms with E-state index in [1.54, 1.807) is 5.38 Å². The topological polar surface area (TPSA) is 96.7 Å². The molecule has 2 N–H and O–H groups in total. The van der Waals surface area contributed by atoms with Crippen molar-refractivity contribution in [2.75, 3.05) is 0 Å². The zero-order chi connectivity index (χ0) is 16.4. The van der Waals surface area contributed by atoms with Crippen LogP contribution in [0, 0.1) is 5.92 Å². The van der Waals surface area contributed by atoms with Gasteiger partial charge in [0.1, 0.15) is 0 Å². The Morgan fingerprint density at radius 2 is 2.09 bits per heavy atom. The molecule has 124 valence electrons. The molecule has 2 fully saturated rings. The average molecular weight is 337 g/mol. The van der Waals surface area contributed by atoms with Crippen LogP contribution in [0.3, 0.4) is 0 Å². The number of nitrogens with zero attached hydrogens (tertiary/aromatic N) is 1. The molecule has 4 atom stereocenters. The van der Waals surface area contributed by atoms with Crippen molar-refractivity contribution >= 4 is 23.3 Å². The second-order valence-corrected chi connectivity index (χ2v) is 6.89. The summed E-state index contributed by atoms with van der Waals surface area (Å²) in [6.45, 7) is 0. The molecule has 2 aliphatic heterocycles. The normalized spacial score (nSPS) is 29.4. The summed E-state index contributed by atoms with van der Waals surface area (Å²) in [5.41, 5.74) is 0.100. The van der Waals surface area contributed by atoms with E-state index in [1.165, 1.54) is 11.3 Å². The number of ether oxygens (including phenoxy) is 1. The van der Waals surface area contributed by atoms with Crippen molar-refractivity contribution in [3.8, 4) is 0 Å². The van der Waals surface area contributed by atoms with E-state index in [4.69, 9.17) is 14.9 Å². The number of hydrogen-bond acceptors (Lipinski definition) is 5. The third-order valence-electron chi connectivity index (χ3n) is 4.55. The molecule has 0 spiro atoms. The summed E-state index contributed by atoms with van der Waals surface area (Å²) in [6, 6.07) is 0. The highest BCUT2D eigenvalue weighted by Gasteiger charge is 2.50. The van der Waals surface area contributed by atoms with Crippen LogP contribution in [0.2, 0.25) is 0 Å². The Bertz CT molecular complexity index is 626. The zero-order valence-electron chi connectivity index (χ0n) is 12.6. The monoisotopic (exact) mass is 337 g/mol. The van der Waals surface area contributed by atoms with E-state index >= 15 is 0 Å². The summed E-state index contributed by atoms with van der Waals surface area (Å²) in [7, 11) is 0. The molecule has 0 radical (unpaired) electrons. The molecule has 6 nitrogen and oxygen atoms in total. The van der Waals surface area contributed by atoms with E-state index < -0.39 is 11.9 Å². The van der Waals surface area contributed by atoms with Crippen LogP contribution in [0.5, 0.6) is 0 Å². The lowest BCUT2D eigenvalue weighted by Gasteiger charge is -2.25. The smallest absolute Gasteiger partial charge is 0.355 e. The third kappa shape index (κ3) is 3.45. The molecule has 7 heteroatoms. The van der Waals surface area contributed by atoms with Crippen molar-refractivity contribution in [2.24, 2.45) is 5.92 Å². The minimum atomic E-state index is -0.998. The number of aromatic carboxylic acids is 1. The summed E-state index contributed by atoms with van der Waals surface area (Å²) in [4.78, 5) is 25.8. The van der Waals surface area contributed by atoms with Crippen LogP contribution < -0.4 is 0 Å². The molecule has 1 aromatic heterocycles. The van der Waals surface area contributed by atoms with Crippen molar-refractivity contribution < 1.29 is 24.5 Å². The number of aromatic nitrogens is 1. The molecule has 3 rings (SSSR count). The average Bonchev–Trinajstić information content (AvgIpc) is 3.21. The van der Waals surface area contributed by atoms with Gasteiger partial charge in [-0.1, -0.05) is 12.2 Å². The molecule has 0 amide bonds. The minimum absolute atomic E-state index is 0.100. The largest absolute Gasteiger partial charge is 0.481 e. The van der Waals surface area contributed by atoms with Gasteiger partial charge in [-0.3, -0.25) is 4.79 Å². The Balaban J connectivity index is 1.67. The molecule has 3 heterocycles. The van der Waals surface area contributed by atoms with E-state index in [1.807, 2.05) is 12.2 Å². The van der Waals surface area contributed by atoms with Crippen LogP contribution >= 0.6 is 11.3 Å². The number of hydrogen-bond donors (Lipinski definition) is 2. The second-order valence-electron chi connectivity index (χ2n) is 6.00. The van der Waals surface area contributed by atoms with Crippen molar-refractivity contribution in [1.82, 2.24) is 4.98 Å². The summed E-state index contributed by atoms with van der Waals surface area (Å²) in [5.74, 6) is -1.35. The SMILES string of the molecule is O=C(O)CCC=CC[C@@H]1[C@H](c2nc(C(=O)O)cs2)[C@H]2CC[C@@H]1O2. The predicted octanol–water partition coefficient (Wildman–Crippen LogP) is 2.91. The van der Waals surface area contributed by atoms with Gasteiger partial charge >= 0.3 is 11.9 Å². The van der Waals surface area contributed by atoms with Gasteiger partial charge in [0.05, 0.1) is 17.2 Å². The van der Waals surface area contributed by atoms with Crippen LogP contribution in [0.25, 0.3) is 0 Å². The van der Waals surface area contributed by atoms with Gasteiger partial charge in [0, 0.05) is 23.6 Å². The quantitative estimate of drug-likeness (QED) is 0.743. The zero-order valence-corrected chi connectivity index (χ0v) is 13.4. The first-order valence-corrected chi connectivity index (χ1v) is 8.65. The van der Waals surface area contributed by atoms with Crippen LogP contribution in [-0.4, -0.2) is 39.3 Å². The first-order valence-electron chi connectivity index (χ1n) is 7.77. The van der Waals surface area contributed by atoms with Gasteiger partial charge < -0.3 is 14.9 Å². The standard InChI is InChI=1S/C16H19NO5S/c18-13(19)5-3-1-2-4-9-11-6-7-12(22-11)14(9)15-17-10(8-23-15)16(20)21/h1-2,8-9,11-12,14H,3-7H2,(H,18,19)(H,20,21)/t9-,11-,12+,14-/m0/s1. The van der Waals surface area contributed by atoms with Crippen molar-refractivity contribution in [1.29, 1.82) is 0 Å². The number of carboxylic acid groups (broad SMARTS) is 2. The highest BCUT2D eigenvalue weighted by Crippen LogP contribution is 2.50. The van der Waals surface area contributed by atoms with Crippen molar-refractivity contribution in [3.63, 3.8) is 0 Å². The fraction of sp³-hybridized carbons (Fsp3) is 0.562. The van der Waals surface area contributed by atoms with Gasteiger partial charge in [-0.25, -0.2) is 9.78 Å². The molecular formula is C16H19NO5S. The first kappa shape index (κ1) is 16.1. The Morgan fingerprint density at radius 3 is 2.78 bits per heavy atom. The maximum absolute atomic E-state index is 11.0. The van der Waals surface area contributed by atoms with Crippen LogP contribution in [0.4, 0.5) is 0 Å². The van der Waals surface area contributed by atoms with E-state index in [-0.39, 0.29) is 30.2 Å². The summed E-state index contributed by atoms with van der Waals surface area (Å²) < 4.78 is 6.01. The van der Waals surface area contributed by atoms with Gasteiger partial charge in [0.25, 0.3) is 0 Å². The van der Waals surface area contributed by atoms with Gasteiger partial charge in [0.15, 0.2) is 5.69 Å². The molecule has 0 aromatic carbocycles. The van der Waals surface area contributed by atoms with Crippen LogP contribution in [0.1, 0.15) is 53.5 Å². The lowest BCUT2D eigenvalue weighted by atomic mass is 9.77. The van der Waals surface area contributed by atoms with E-state index in [0.717, 1.165) is 24.3 Å². The summed E-state index contributed by atoms with van der Waals surface area (Å²) in [6.07, 6.45) is 7.77. The summed E-state index contributed by atoms with van der Waals surface area (Å²) in [5, 5.41) is 20.1. The number of allylic oxidation sites excluding steroid dienone is 2. The molecule has 2 saturated heterocycles. The minimum Gasteiger partial charge on any atom is -0.481 e. The maximum Gasteiger partial charge on any atom is 0.355 e.